The molecule has 2 atom stereocenters. The summed E-state index contributed by atoms with van der Waals surface area (Å²) >= 11 is 0. The van der Waals surface area contributed by atoms with E-state index in [1.54, 1.807) is 18.2 Å². The van der Waals surface area contributed by atoms with Crippen molar-refractivity contribution < 1.29 is 28.8 Å². The molecule has 0 bridgehead atoms. The van der Waals surface area contributed by atoms with Gasteiger partial charge in [0.1, 0.15) is 12.7 Å². The summed E-state index contributed by atoms with van der Waals surface area (Å²) in [6.07, 6.45) is 2.34. The van der Waals surface area contributed by atoms with E-state index in [-0.39, 0.29) is 18.4 Å². The SMILES string of the molecule is COc1cc(C(C)=O)ccc1OC[C@@H](O)CN1CCC[C@@H]1c1ccc2c(c1)OCCCO2. The summed E-state index contributed by atoms with van der Waals surface area (Å²) in [7, 11) is 1.53. The molecule has 1 fully saturated rings. The molecular weight excluding hydrogens is 410 g/mol. The van der Waals surface area contributed by atoms with E-state index in [4.69, 9.17) is 18.9 Å². The van der Waals surface area contributed by atoms with Gasteiger partial charge < -0.3 is 24.1 Å². The Balaban J connectivity index is 1.37. The van der Waals surface area contributed by atoms with Crippen molar-refractivity contribution in [2.45, 2.75) is 38.3 Å². The first-order valence-electron chi connectivity index (χ1n) is 11.2. The van der Waals surface area contributed by atoms with E-state index in [0.29, 0.717) is 36.8 Å². The van der Waals surface area contributed by atoms with Crippen molar-refractivity contribution in [1.82, 2.24) is 4.90 Å². The van der Waals surface area contributed by atoms with Gasteiger partial charge >= 0.3 is 0 Å². The second-order valence-electron chi connectivity index (χ2n) is 8.30. The first-order valence-corrected chi connectivity index (χ1v) is 11.2. The number of likely N-dealkylation sites (tertiary alicyclic amines) is 1. The van der Waals surface area contributed by atoms with Crippen LogP contribution in [-0.4, -0.2) is 61.9 Å². The Labute approximate surface area is 188 Å². The number of nitrogens with zero attached hydrogens (tertiary/aromatic N) is 1. The van der Waals surface area contributed by atoms with Crippen molar-refractivity contribution in [2.24, 2.45) is 0 Å². The Morgan fingerprint density at radius 1 is 1.12 bits per heavy atom. The van der Waals surface area contributed by atoms with Crippen molar-refractivity contribution in [3.63, 3.8) is 0 Å². The van der Waals surface area contributed by atoms with Gasteiger partial charge in [0, 0.05) is 24.6 Å². The fraction of sp³-hybridized carbons (Fsp3) is 0.480. The smallest absolute Gasteiger partial charge is 0.161 e. The van der Waals surface area contributed by atoms with Gasteiger partial charge in [-0.25, -0.2) is 0 Å². The molecule has 172 valence electrons. The molecule has 0 unspecified atom stereocenters. The fourth-order valence-electron chi connectivity index (χ4n) is 4.32. The number of benzene rings is 2. The van der Waals surface area contributed by atoms with Crippen LogP contribution in [0.1, 0.15) is 48.1 Å². The summed E-state index contributed by atoms with van der Waals surface area (Å²) in [5, 5.41) is 10.7. The Morgan fingerprint density at radius 3 is 2.72 bits per heavy atom. The van der Waals surface area contributed by atoms with Crippen molar-refractivity contribution in [3.05, 3.63) is 47.5 Å². The van der Waals surface area contributed by atoms with Crippen LogP contribution in [0.5, 0.6) is 23.0 Å². The maximum absolute atomic E-state index is 11.6. The standard InChI is InChI=1S/C25H31NO6/c1-17(27)18-6-8-22(24(13-18)29-2)32-16-20(28)15-26-10-3-5-21(26)19-7-9-23-25(14-19)31-12-4-11-30-23/h6-9,13-14,20-21,28H,3-5,10-12,15-16H2,1-2H3/t20-,21+/m0/s1. The molecule has 0 radical (unpaired) electrons. The molecule has 0 aromatic heterocycles. The number of methoxy groups -OCH3 is 1. The highest BCUT2D eigenvalue weighted by Crippen LogP contribution is 2.38. The lowest BCUT2D eigenvalue weighted by molar-refractivity contribution is 0.0628. The lowest BCUT2D eigenvalue weighted by atomic mass is 10.0. The number of carbonyl (C=O) groups is 1. The van der Waals surface area contributed by atoms with Gasteiger partial charge in [-0.05, 0) is 62.2 Å². The Morgan fingerprint density at radius 2 is 1.94 bits per heavy atom. The number of aliphatic hydroxyl groups excluding tert-OH is 1. The molecule has 2 aromatic carbocycles. The molecule has 2 heterocycles. The quantitative estimate of drug-likeness (QED) is 0.627. The van der Waals surface area contributed by atoms with E-state index in [9.17, 15) is 9.90 Å². The summed E-state index contributed by atoms with van der Waals surface area (Å²) in [4.78, 5) is 13.9. The monoisotopic (exact) mass is 441 g/mol. The van der Waals surface area contributed by atoms with E-state index in [2.05, 4.69) is 17.0 Å². The zero-order chi connectivity index (χ0) is 22.5. The van der Waals surface area contributed by atoms with Crippen LogP contribution >= 0.6 is 0 Å². The van der Waals surface area contributed by atoms with Crippen LogP contribution in [0, 0.1) is 0 Å². The zero-order valence-corrected chi connectivity index (χ0v) is 18.7. The first-order chi connectivity index (χ1) is 15.5. The molecule has 2 aliphatic rings. The second kappa shape index (κ2) is 10.2. The summed E-state index contributed by atoms with van der Waals surface area (Å²) in [6.45, 7) is 4.42. The van der Waals surface area contributed by atoms with Gasteiger partial charge in [-0.3, -0.25) is 9.69 Å². The van der Waals surface area contributed by atoms with Crippen LogP contribution in [-0.2, 0) is 0 Å². The lowest BCUT2D eigenvalue weighted by Gasteiger charge is -2.27. The Kier molecular flexibility index (Phi) is 7.17. The number of ether oxygens (including phenoxy) is 4. The molecule has 1 N–H and O–H groups in total. The van der Waals surface area contributed by atoms with Crippen molar-refractivity contribution in [3.8, 4) is 23.0 Å². The third-order valence-corrected chi connectivity index (χ3v) is 5.97. The highest BCUT2D eigenvalue weighted by Gasteiger charge is 2.29. The normalized spacial score (nSPS) is 19.3. The summed E-state index contributed by atoms with van der Waals surface area (Å²) in [5.74, 6) is 2.56. The van der Waals surface area contributed by atoms with Crippen LogP contribution < -0.4 is 18.9 Å². The Bertz CT molecular complexity index is 946. The highest BCUT2D eigenvalue weighted by molar-refractivity contribution is 5.94. The third kappa shape index (κ3) is 5.16. The highest BCUT2D eigenvalue weighted by atomic mass is 16.5. The summed E-state index contributed by atoms with van der Waals surface area (Å²) in [5.41, 5.74) is 1.74. The van der Waals surface area contributed by atoms with Crippen LogP contribution in [0.2, 0.25) is 0 Å². The minimum atomic E-state index is -0.659. The predicted octanol–water partition coefficient (Wildman–Crippen LogP) is 3.64. The van der Waals surface area contributed by atoms with E-state index >= 15 is 0 Å². The number of β-amino-alcohol motifs (C(OH)–C–C–N with tert-alkyl or cyclic N) is 1. The number of fused-ring (bicyclic) bond motifs is 1. The minimum absolute atomic E-state index is 0.0373. The van der Waals surface area contributed by atoms with E-state index in [1.165, 1.54) is 19.6 Å². The van der Waals surface area contributed by atoms with Gasteiger partial charge in [0.05, 0.1) is 20.3 Å². The number of hydrogen-bond donors (Lipinski definition) is 1. The van der Waals surface area contributed by atoms with Crippen molar-refractivity contribution in [1.29, 1.82) is 0 Å². The molecule has 7 nitrogen and oxygen atoms in total. The summed E-state index contributed by atoms with van der Waals surface area (Å²) in [6, 6.07) is 11.5. The van der Waals surface area contributed by atoms with E-state index < -0.39 is 6.10 Å². The largest absolute Gasteiger partial charge is 0.493 e. The topological polar surface area (TPSA) is 77.5 Å². The average Bonchev–Trinajstić information content (AvgIpc) is 3.12. The number of aliphatic hydroxyl groups is 1. The van der Waals surface area contributed by atoms with Gasteiger partial charge in [0.25, 0.3) is 0 Å². The maximum atomic E-state index is 11.6. The molecule has 4 rings (SSSR count). The van der Waals surface area contributed by atoms with Gasteiger partial charge in [-0.2, -0.15) is 0 Å². The average molecular weight is 442 g/mol. The molecule has 2 aromatic rings. The zero-order valence-electron chi connectivity index (χ0n) is 18.7. The molecular formula is C25H31NO6. The molecule has 2 aliphatic heterocycles. The maximum Gasteiger partial charge on any atom is 0.161 e. The fourth-order valence-corrected chi connectivity index (χ4v) is 4.32. The first kappa shape index (κ1) is 22.4. The van der Waals surface area contributed by atoms with Crippen LogP contribution in [0.3, 0.4) is 0 Å². The van der Waals surface area contributed by atoms with Gasteiger partial charge in [0.15, 0.2) is 28.8 Å². The number of Topliss-reactive ketones (excluding diaryl/α,β-unsaturated/α-hetero) is 1. The molecule has 0 aliphatic carbocycles. The Hall–Kier alpha value is -2.77. The minimum Gasteiger partial charge on any atom is -0.493 e. The van der Waals surface area contributed by atoms with Crippen LogP contribution in [0.15, 0.2) is 36.4 Å². The molecule has 1 saturated heterocycles. The van der Waals surface area contributed by atoms with Crippen LogP contribution in [0.25, 0.3) is 0 Å². The van der Waals surface area contributed by atoms with Crippen LogP contribution in [0.4, 0.5) is 0 Å². The van der Waals surface area contributed by atoms with Crippen molar-refractivity contribution >= 4 is 5.78 Å². The third-order valence-electron chi connectivity index (χ3n) is 5.97. The number of rotatable bonds is 8. The summed E-state index contributed by atoms with van der Waals surface area (Å²) < 4.78 is 22.8. The van der Waals surface area contributed by atoms with Gasteiger partial charge in [-0.1, -0.05) is 6.07 Å². The van der Waals surface area contributed by atoms with E-state index in [0.717, 1.165) is 37.3 Å². The van der Waals surface area contributed by atoms with E-state index in [1.807, 2.05) is 6.07 Å². The molecule has 0 saturated carbocycles. The number of carbonyl (C=O) groups excluding carboxylic acids is 1. The molecule has 0 spiro atoms. The lowest BCUT2D eigenvalue weighted by Crippen LogP contribution is -2.35. The van der Waals surface area contributed by atoms with Gasteiger partial charge in [-0.15, -0.1) is 0 Å². The van der Waals surface area contributed by atoms with Crippen molar-refractivity contribution in [2.75, 3.05) is 40.0 Å². The number of ketones is 1. The molecule has 7 heteroatoms. The second-order valence-corrected chi connectivity index (χ2v) is 8.30. The number of hydrogen-bond acceptors (Lipinski definition) is 7. The van der Waals surface area contributed by atoms with Gasteiger partial charge in [0.2, 0.25) is 0 Å². The predicted molar refractivity (Wildman–Crippen MR) is 120 cm³/mol. The molecule has 0 amide bonds. The molecule has 32 heavy (non-hydrogen) atoms.